The fourth-order valence-electron chi connectivity index (χ4n) is 9.82. The molecule has 242 valence electrons. The Kier molecular flexibility index (Phi) is 7.21. The largest absolute Gasteiger partial charge is 0.467 e. The second-order valence-electron chi connectivity index (χ2n) is 14.3. The quantitative estimate of drug-likeness (QED) is 0.136. The third-order valence-electron chi connectivity index (χ3n) is 11.3. The second-order valence-corrected chi connectivity index (χ2v) is 14.3. The zero-order chi connectivity index (χ0) is 31.6. The molecule has 10 heteroatoms. The number of amidine groups is 1. The molecule has 6 aliphatic rings. The van der Waals surface area contributed by atoms with Crippen molar-refractivity contribution in [2.45, 2.75) is 81.7 Å². The van der Waals surface area contributed by atoms with Crippen LogP contribution in [-0.2, 0) is 25.5 Å². The number of rotatable bonds is 6. The summed E-state index contributed by atoms with van der Waals surface area (Å²) in [6, 6.07) is 14.3. The standard InChI is InChI=1S/C36H42FN5O4/c1-45-34(44)29-16-27-26-5-2-3-6-28(26)39-32(27)33(42(29)31(43)20-46-35(38)41-12-4-7-30(41)37)24-8-10-25(11-9-24)40-36-17-21-13-22(18-36)15-23(14-21)19-36/h2-3,5-6,8-11,21-23,29-30,33,38-40H,4,7,12-20H2,1H3/t21?,22?,23?,29-,30-,33+,36?/m1/s1. The Morgan fingerprint density at radius 1 is 1.04 bits per heavy atom. The van der Waals surface area contributed by atoms with Gasteiger partial charge in [-0.25, -0.2) is 9.18 Å². The number of nitrogens with one attached hydrogen (secondary N) is 3. The minimum Gasteiger partial charge on any atom is -0.467 e. The molecule has 2 aliphatic heterocycles. The SMILES string of the molecule is COC(=O)[C@H]1Cc2c([nH]c3ccccc23)[C@H](c2ccc(NC34CC5CC(CC(C5)C3)C4)cc2)N1C(=O)COC(=N)N1CCC[C@@H]1F. The molecule has 0 radical (unpaired) electrons. The molecule has 3 N–H and O–H groups in total. The van der Waals surface area contributed by atoms with Gasteiger partial charge < -0.3 is 24.7 Å². The number of methoxy groups -OCH3 is 1. The minimum absolute atomic E-state index is 0.166. The highest BCUT2D eigenvalue weighted by Crippen LogP contribution is 2.56. The number of anilines is 1. The number of nitrogens with zero attached hydrogens (tertiary/aromatic N) is 2. The molecule has 3 aromatic rings. The lowest BCUT2D eigenvalue weighted by Gasteiger charge is -2.57. The number of hydrogen-bond acceptors (Lipinski definition) is 6. The number of carbonyl (C=O) groups is 2. The van der Waals surface area contributed by atoms with E-state index in [1.807, 2.05) is 36.4 Å². The molecule has 4 aliphatic carbocycles. The topological polar surface area (TPSA) is 111 Å². The van der Waals surface area contributed by atoms with Crippen molar-refractivity contribution in [3.05, 3.63) is 65.4 Å². The number of H-pyrrole nitrogens is 1. The van der Waals surface area contributed by atoms with Gasteiger partial charge in [0.05, 0.1) is 13.2 Å². The maximum atomic E-state index is 14.3. The van der Waals surface area contributed by atoms with E-state index in [9.17, 15) is 14.0 Å². The fraction of sp³-hybridized carbons (Fsp3) is 0.528. The van der Waals surface area contributed by atoms with E-state index in [-0.39, 0.29) is 18.0 Å². The van der Waals surface area contributed by atoms with Gasteiger partial charge in [-0.2, -0.15) is 0 Å². The van der Waals surface area contributed by atoms with Gasteiger partial charge in [-0.1, -0.05) is 30.3 Å². The number of ether oxygens (including phenoxy) is 2. The molecule has 1 saturated heterocycles. The number of benzene rings is 2. The third-order valence-corrected chi connectivity index (χ3v) is 11.3. The first-order valence-electron chi connectivity index (χ1n) is 16.8. The Hall–Kier alpha value is -4.08. The first-order valence-corrected chi connectivity index (χ1v) is 16.8. The lowest BCUT2D eigenvalue weighted by Crippen LogP contribution is -2.54. The molecule has 0 unspecified atom stereocenters. The maximum Gasteiger partial charge on any atom is 0.328 e. The number of halogens is 1. The molecular weight excluding hydrogens is 585 g/mol. The van der Waals surface area contributed by atoms with Crippen molar-refractivity contribution in [3.63, 3.8) is 0 Å². The summed E-state index contributed by atoms with van der Waals surface area (Å²) in [6.07, 6.45) is 7.79. The number of amides is 1. The van der Waals surface area contributed by atoms with Crippen LogP contribution in [0.5, 0.6) is 0 Å². The zero-order valence-corrected chi connectivity index (χ0v) is 26.3. The predicted molar refractivity (Wildman–Crippen MR) is 172 cm³/mol. The molecule has 9 rings (SSSR count). The molecule has 0 spiro atoms. The monoisotopic (exact) mass is 627 g/mol. The van der Waals surface area contributed by atoms with Crippen LogP contribution in [0.1, 0.15) is 74.2 Å². The van der Waals surface area contributed by atoms with E-state index in [4.69, 9.17) is 14.9 Å². The van der Waals surface area contributed by atoms with Gasteiger partial charge in [-0.15, -0.1) is 0 Å². The second kappa shape index (κ2) is 11.3. The summed E-state index contributed by atoms with van der Waals surface area (Å²) < 4.78 is 25.1. The van der Waals surface area contributed by atoms with E-state index >= 15 is 0 Å². The Labute approximate surface area is 268 Å². The van der Waals surface area contributed by atoms with Crippen LogP contribution in [0.25, 0.3) is 10.9 Å². The molecule has 9 nitrogen and oxygen atoms in total. The number of para-hydroxylation sites is 1. The van der Waals surface area contributed by atoms with Crippen LogP contribution in [0.2, 0.25) is 0 Å². The van der Waals surface area contributed by atoms with Gasteiger partial charge in [0.1, 0.15) is 6.04 Å². The van der Waals surface area contributed by atoms with Crippen molar-refractivity contribution in [1.29, 1.82) is 5.41 Å². The van der Waals surface area contributed by atoms with Crippen LogP contribution < -0.4 is 5.32 Å². The number of aromatic amines is 1. The lowest BCUT2D eigenvalue weighted by molar-refractivity contribution is -0.156. The minimum atomic E-state index is -1.30. The number of fused-ring (bicyclic) bond motifs is 3. The van der Waals surface area contributed by atoms with Crippen LogP contribution in [0, 0.1) is 23.2 Å². The van der Waals surface area contributed by atoms with Gasteiger partial charge in [0.2, 0.25) is 0 Å². The maximum absolute atomic E-state index is 14.3. The number of carbonyl (C=O) groups excluding carboxylic acids is 2. The molecule has 3 atom stereocenters. The molecule has 1 amide bonds. The number of esters is 1. The molecule has 5 fully saturated rings. The Morgan fingerprint density at radius 3 is 2.39 bits per heavy atom. The van der Waals surface area contributed by atoms with E-state index in [0.717, 1.165) is 51.2 Å². The summed E-state index contributed by atoms with van der Waals surface area (Å²) in [6.45, 7) is -0.124. The number of likely N-dealkylation sites (tertiary alicyclic amines) is 1. The van der Waals surface area contributed by atoms with Gasteiger partial charge >= 0.3 is 5.97 Å². The van der Waals surface area contributed by atoms with Crippen LogP contribution >= 0.6 is 0 Å². The van der Waals surface area contributed by atoms with E-state index < -0.39 is 36.9 Å². The average Bonchev–Trinajstić information content (AvgIpc) is 3.65. The summed E-state index contributed by atoms with van der Waals surface area (Å²) in [7, 11) is 1.33. The number of alkyl halides is 1. The Bertz CT molecular complexity index is 1630. The van der Waals surface area contributed by atoms with Crippen LogP contribution in [0.3, 0.4) is 0 Å². The average molecular weight is 628 g/mol. The highest BCUT2D eigenvalue weighted by Gasteiger charge is 2.51. The molecule has 46 heavy (non-hydrogen) atoms. The van der Waals surface area contributed by atoms with E-state index in [1.165, 1.54) is 55.4 Å². The summed E-state index contributed by atoms with van der Waals surface area (Å²) in [5.41, 5.74) is 4.83. The highest BCUT2D eigenvalue weighted by molar-refractivity contribution is 5.91. The van der Waals surface area contributed by atoms with Gasteiger partial charge in [-0.05, 0) is 98.4 Å². The van der Waals surface area contributed by atoms with Gasteiger partial charge in [0.25, 0.3) is 11.9 Å². The van der Waals surface area contributed by atoms with Gasteiger partial charge in [-0.3, -0.25) is 15.1 Å². The molecule has 2 aromatic carbocycles. The Balaban J connectivity index is 1.13. The van der Waals surface area contributed by atoms with Crippen molar-refractivity contribution < 1.29 is 23.5 Å². The molecular formula is C36H42FN5O4. The normalized spacial score (nSPS) is 31.2. The zero-order valence-electron chi connectivity index (χ0n) is 26.3. The van der Waals surface area contributed by atoms with Crippen LogP contribution in [0.4, 0.5) is 10.1 Å². The summed E-state index contributed by atoms with van der Waals surface area (Å²) in [5.74, 6) is 1.51. The first kappa shape index (κ1) is 29.3. The van der Waals surface area contributed by atoms with Crippen LogP contribution in [0.15, 0.2) is 48.5 Å². The van der Waals surface area contributed by atoms with Gasteiger partial charge in [0, 0.05) is 40.8 Å². The third kappa shape index (κ3) is 5.00. The Morgan fingerprint density at radius 2 is 1.74 bits per heavy atom. The molecule has 4 bridgehead atoms. The fourth-order valence-corrected chi connectivity index (χ4v) is 9.82. The number of aromatic nitrogens is 1. The molecule has 4 saturated carbocycles. The van der Waals surface area contributed by atoms with Crippen molar-refractivity contribution in [2.24, 2.45) is 17.8 Å². The van der Waals surface area contributed by atoms with Crippen molar-refractivity contribution in [2.75, 3.05) is 25.6 Å². The van der Waals surface area contributed by atoms with Crippen molar-refractivity contribution in [3.8, 4) is 0 Å². The van der Waals surface area contributed by atoms with Gasteiger partial charge in [0.15, 0.2) is 12.9 Å². The summed E-state index contributed by atoms with van der Waals surface area (Å²) in [5, 5.41) is 13.2. The van der Waals surface area contributed by atoms with E-state index in [0.29, 0.717) is 19.4 Å². The van der Waals surface area contributed by atoms with Crippen LogP contribution in [-0.4, -0.2) is 70.8 Å². The van der Waals surface area contributed by atoms with E-state index in [2.05, 4.69) is 22.4 Å². The van der Waals surface area contributed by atoms with E-state index in [1.54, 1.807) is 0 Å². The molecule has 3 heterocycles. The van der Waals surface area contributed by atoms with Crippen molar-refractivity contribution in [1.82, 2.24) is 14.8 Å². The number of hydrogen-bond donors (Lipinski definition) is 3. The predicted octanol–water partition coefficient (Wildman–Crippen LogP) is 5.91. The smallest absolute Gasteiger partial charge is 0.328 e. The first-order chi connectivity index (χ1) is 22.3. The summed E-state index contributed by atoms with van der Waals surface area (Å²) >= 11 is 0. The summed E-state index contributed by atoms with van der Waals surface area (Å²) in [4.78, 5) is 33.7. The lowest BCUT2D eigenvalue weighted by atomic mass is 9.53. The molecule has 1 aromatic heterocycles. The highest BCUT2D eigenvalue weighted by atomic mass is 19.1. The van der Waals surface area contributed by atoms with Crippen molar-refractivity contribution >= 4 is 34.5 Å².